The number of rotatable bonds is 6. The highest BCUT2D eigenvalue weighted by molar-refractivity contribution is 7.12. The predicted molar refractivity (Wildman–Crippen MR) is 108 cm³/mol. The molecule has 0 aliphatic carbocycles. The largest absolute Gasteiger partial charge is 0.379 e. The summed E-state index contributed by atoms with van der Waals surface area (Å²) in [6.07, 6.45) is 0. The zero-order valence-corrected chi connectivity index (χ0v) is 17.7. The number of aryl methyl sites for hydroxylation is 3. The number of thiophene rings is 1. The Balaban J connectivity index is 1.71. The summed E-state index contributed by atoms with van der Waals surface area (Å²) in [5.41, 5.74) is 3.01. The normalized spacial score (nSPS) is 17.7. The lowest BCUT2D eigenvalue weighted by Crippen LogP contribution is -2.44. The van der Waals surface area contributed by atoms with Gasteiger partial charge in [-0.25, -0.2) is 0 Å². The summed E-state index contributed by atoms with van der Waals surface area (Å²) in [6.45, 7) is 12.0. The second-order valence-corrected chi connectivity index (χ2v) is 8.61. The van der Waals surface area contributed by atoms with Crippen molar-refractivity contribution in [1.29, 1.82) is 0 Å². The Bertz CT molecular complexity index is 792. The van der Waals surface area contributed by atoms with Gasteiger partial charge < -0.3 is 10.1 Å². The lowest BCUT2D eigenvalue weighted by molar-refractivity contribution is -0.122. The van der Waals surface area contributed by atoms with Crippen LogP contribution in [-0.2, 0) is 16.6 Å². The van der Waals surface area contributed by atoms with Gasteiger partial charge in [-0.05, 0) is 39.8 Å². The first-order chi connectivity index (χ1) is 12.9. The molecule has 1 aliphatic rings. The Hall–Kier alpha value is -1.70. The molecule has 1 fully saturated rings. The van der Waals surface area contributed by atoms with Crippen LogP contribution in [0.3, 0.4) is 0 Å². The maximum Gasteiger partial charge on any atom is 0.227 e. The molecule has 0 bridgehead atoms. The van der Waals surface area contributed by atoms with Crippen LogP contribution in [0.2, 0.25) is 0 Å². The summed E-state index contributed by atoms with van der Waals surface area (Å²) < 4.78 is 7.35. The van der Waals surface area contributed by atoms with E-state index in [9.17, 15) is 4.79 Å². The van der Waals surface area contributed by atoms with Gasteiger partial charge in [0.15, 0.2) is 0 Å². The predicted octanol–water partition coefficient (Wildman–Crippen LogP) is 2.70. The molecule has 2 atom stereocenters. The van der Waals surface area contributed by atoms with E-state index in [1.54, 1.807) is 0 Å². The Labute approximate surface area is 165 Å². The van der Waals surface area contributed by atoms with E-state index in [0.717, 1.165) is 43.3 Å². The van der Waals surface area contributed by atoms with Gasteiger partial charge in [0, 0.05) is 47.7 Å². The highest BCUT2D eigenvalue weighted by atomic mass is 32.1. The molecule has 1 amide bonds. The molecule has 7 heteroatoms. The molecule has 2 aromatic rings. The molecular formula is C20H30N4O2S. The summed E-state index contributed by atoms with van der Waals surface area (Å²) in [5.74, 6) is -0.158. The number of hydrogen-bond acceptors (Lipinski definition) is 5. The van der Waals surface area contributed by atoms with Gasteiger partial charge in [0.1, 0.15) is 0 Å². The van der Waals surface area contributed by atoms with Crippen LogP contribution in [0.5, 0.6) is 0 Å². The number of hydrogen-bond donors (Lipinski definition) is 1. The van der Waals surface area contributed by atoms with Gasteiger partial charge in [-0.2, -0.15) is 5.10 Å². The molecule has 27 heavy (non-hydrogen) atoms. The van der Waals surface area contributed by atoms with Crippen molar-refractivity contribution in [1.82, 2.24) is 20.0 Å². The van der Waals surface area contributed by atoms with Crippen LogP contribution in [-0.4, -0.2) is 53.4 Å². The molecule has 3 rings (SSSR count). The van der Waals surface area contributed by atoms with E-state index >= 15 is 0 Å². The summed E-state index contributed by atoms with van der Waals surface area (Å²) >= 11 is 1.81. The Morgan fingerprint density at radius 2 is 2.00 bits per heavy atom. The van der Waals surface area contributed by atoms with Crippen molar-refractivity contribution >= 4 is 17.2 Å². The number of amides is 1. The number of ether oxygens (including phenoxy) is 1. The van der Waals surface area contributed by atoms with Crippen molar-refractivity contribution < 1.29 is 9.53 Å². The zero-order valence-electron chi connectivity index (χ0n) is 16.9. The van der Waals surface area contributed by atoms with Crippen molar-refractivity contribution in [2.75, 3.05) is 32.8 Å². The Morgan fingerprint density at radius 1 is 1.30 bits per heavy atom. The third-order valence-electron chi connectivity index (χ3n) is 5.44. The number of morpholine rings is 1. The average molecular weight is 391 g/mol. The molecule has 0 unspecified atom stereocenters. The van der Waals surface area contributed by atoms with Crippen LogP contribution < -0.4 is 5.32 Å². The molecule has 0 radical (unpaired) electrons. The van der Waals surface area contributed by atoms with Gasteiger partial charge in [-0.15, -0.1) is 11.3 Å². The van der Waals surface area contributed by atoms with Crippen LogP contribution in [0.25, 0.3) is 0 Å². The van der Waals surface area contributed by atoms with Crippen LogP contribution in [0.15, 0.2) is 12.1 Å². The fourth-order valence-electron chi connectivity index (χ4n) is 3.83. The first kappa shape index (κ1) is 20.0. The Morgan fingerprint density at radius 3 is 2.56 bits per heavy atom. The minimum Gasteiger partial charge on any atom is -0.379 e. The maximum absolute atomic E-state index is 12.9. The quantitative estimate of drug-likeness (QED) is 0.824. The Kier molecular flexibility index (Phi) is 6.34. The summed E-state index contributed by atoms with van der Waals surface area (Å²) in [6, 6.07) is 4.53. The van der Waals surface area contributed by atoms with Crippen molar-refractivity contribution in [2.45, 2.75) is 39.7 Å². The molecular weight excluding hydrogens is 360 g/mol. The molecule has 1 aliphatic heterocycles. The summed E-state index contributed by atoms with van der Waals surface area (Å²) in [4.78, 5) is 17.9. The molecule has 1 saturated heterocycles. The monoisotopic (exact) mass is 390 g/mol. The number of carbonyl (C=O) groups excluding carboxylic acids is 1. The highest BCUT2D eigenvalue weighted by Gasteiger charge is 2.27. The second-order valence-electron chi connectivity index (χ2n) is 7.29. The molecule has 6 nitrogen and oxygen atoms in total. The number of aromatic nitrogens is 2. The smallest absolute Gasteiger partial charge is 0.227 e. The van der Waals surface area contributed by atoms with E-state index in [1.165, 1.54) is 9.75 Å². The van der Waals surface area contributed by atoms with Crippen LogP contribution in [0.1, 0.15) is 45.6 Å². The van der Waals surface area contributed by atoms with Gasteiger partial charge in [0.05, 0.1) is 30.9 Å². The fourth-order valence-corrected chi connectivity index (χ4v) is 4.84. The third kappa shape index (κ3) is 4.42. The van der Waals surface area contributed by atoms with E-state index in [-0.39, 0.29) is 17.9 Å². The molecule has 0 aromatic carbocycles. The first-order valence-corrected chi connectivity index (χ1v) is 10.4. The van der Waals surface area contributed by atoms with E-state index in [0.29, 0.717) is 6.54 Å². The van der Waals surface area contributed by atoms with Crippen molar-refractivity contribution in [3.05, 3.63) is 38.8 Å². The van der Waals surface area contributed by atoms with Crippen molar-refractivity contribution in [2.24, 2.45) is 7.05 Å². The van der Waals surface area contributed by atoms with E-state index < -0.39 is 0 Å². The van der Waals surface area contributed by atoms with Gasteiger partial charge in [0.2, 0.25) is 5.91 Å². The molecule has 148 valence electrons. The van der Waals surface area contributed by atoms with E-state index in [4.69, 9.17) is 4.74 Å². The lowest BCUT2D eigenvalue weighted by Gasteiger charge is -2.34. The highest BCUT2D eigenvalue weighted by Crippen LogP contribution is 2.28. The van der Waals surface area contributed by atoms with Crippen molar-refractivity contribution in [3.63, 3.8) is 0 Å². The second kappa shape index (κ2) is 8.54. The SMILES string of the molecule is Cc1ccc([C@H](CNC(=O)[C@@H](C)c2c(C)nn(C)c2C)N2CCOCC2)s1. The van der Waals surface area contributed by atoms with Crippen molar-refractivity contribution in [3.8, 4) is 0 Å². The number of nitrogens with zero attached hydrogens (tertiary/aromatic N) is 3. The van der Waals surface area contributed by atoms with Gasteiger partial charge in [-0.3, -0.25) is 14.4 Å². The molecule has 0 saturated carbocycles. The minimum atomic E-state index is -0.214. The fraction of sp³-hybridized carbons (Fsp3) is 0.600. The van der Waals surface area contributed by atoms with Crippen LogP contribution in [0.4, 0.5) is 0 Å². The van der Waals surface area contributed by atoms with Crippen LogP contribution >= 0.6 is 11.3 Å². The standard InChI is InChI=1S/C20H30N4O2S/c1-13-6-7-18(27-13)17(24-8-10-26-11-9-24)12-21-20(25)14(2)19-15(3)22-23(5)16(19)4/h6-7,14,17H,8-12H2,1-5H3,(H,21,25)/t14-,17-/m0/s1. The number of carbonyl (C=O) groups is 1. The molecule has 0 spiro atoms. The zero-order chi connectivity index (χ0) is 19.6. The summed E-state index contributed by atoms with van der Waals surface area (Å²) in [5, 5.41) is 7.65. The molecule has 1 N–H and O–H groups in total. The van der Waals surface area contributed by atoms with Gasteiger partial charge >= 0.3 is 0 Å². The summed E-state index contributed by atoms with van der Waals surface area (Å²) in [7, 11) is 1.92. The molecule has 2 aromatic heterocycles. The van der Waals surface area contributed by atoms with E-state index in [2.05, 4.69) is 34.4 Å². The first-order valence-electron chi connectivity index (χ1n) is 9.54. The van der Waals surface area contributed by atoms with Gasteiger partial charge in [-0.1, -0.05) is 0 Å². The average Bonchev–Trinajstić information content (AvgIpc) is 3.18. The van der Waals surface area contributed by atoms with E-state index in [1.807, 2.05) is 43.8 Å². The number of nitrogens with one attached hydrogen (secondary N) is 1. The van der Waals surface area contributed by atoms with Gasteiger partial charge in [0.25, 0.3) is 0 Å². The topological polar surface area (TPSA) is 59.4 Å². The lowest BCUT2D eigenvalue weighted by atomic mass is 9.98. The molecule has 3 heterocycles. The third-order valence-corrected chi connectivity index (χ3v) is 6.54. The van der Waals surface area contributed by atoms with Crippen LogP contribution in [0, 0.1) is 20.8 Å². The maximum atomic E-state index is 12.9. The minimum absolute atomic E-state index is 0.0562.